The number of amides is 1. The Kier molecular flexibility index (Phi) is 56.0. The fourth-order valence-corrected chi connectivity index (χ4v) is 9.64. The average molecular weight is 947 g/mol. The van der Waals surface area contributed by atoms with Crippen LogP contribution >= 0.6 is 0 Å². The highest BCUT2D eigenvalue weighted by molar-refractivity contribution is 5.76. The molecule has 6 heteroatoms. The van der Waals surface area contributed by atoms with Gasteiger partial charge >= 0.3 is 5.97 Å². The molecule has 2 unspecified atom stereocenters. The highest BCUT2D eigenvalue weighted by Crippen LogP contribution is 2.18. The van der Waals surface area contributed by atoms with Crippen LogP contribution in [0.5, 0.6) is 0 Å². The van der Waals surface area contributed by atoms with E-state index in [0.29, 0.717) is 19.4 Å². The molecule has 0 spiro atoms. The number of hydrogen-bond donors (Lipinski definition) is 3. The maximum atomic E-state index is 12.4. The zero-order valence-corrected chi connectivity index (χ0v) is 45.4. The fraction of sp³-hybridized carbons (Fsp3) is 0.934. The molecule has 0 radical (unpaired) electrons. The average Bonchev–Trinajstić information content (AvgIpc) is 3.33. The zero-order valence-electron chi connectivity index (χ0n) is 45.4. The van der Waals surface area contributed by atoms with E-state index in [1.165, 1.54) is 276 Å². The van der Waals surface area contributed by atoms with Gasteiger partial charge in [-0.25, -0.2) is 0 Å². The van der Waals surface area contributed by atoms with Crippen LogP contribution in [0.2, 0.25) is 0 Å². The Bertz CT molecular complexity index is 1000. The summed E-state index contributed by atoms with van der Waals surface area (Å²) in [6, 6.07) is -0.624. The zero-order chi connectivity index (χ0) is 48.6. The molecule has 0 aliphatic heterocycles. The highest BCUT2D eigenvalue weighted by atomic mass is 16.5. The van der Waals surface area contributed by atoms with Crippen LogP contribution in [-0.2, 0) is 14.3 Å². The molecule has 0 aromatic carbocycles. The van der Waals surface area contributed by atoms with E-state index in [4.69, 9.17) is 4.74 Å². The molecule has 1 amide bonds. The van der Waals surface area contributed by atoms with E-state index in [2.05, 4.69) is 19.2 Å². The minimum absolute atomic E-state index is 0.0188. The van der Waals surface area contributed by atoms with Gasteiger partial charge in [-0.15, -0.1) is 0 Å². The van der Waals surface area contributed by atoms with Gasteiger partial charge in [-0.05, 0) is 32.1 Å². The van der Waals surface area contributed by atoms with Gasteiger partial charge in [0.25, 0.3) is 0 Å². The lowest BCUT2D eigenvalue weighted by molar-refractivity contribution is -0.143. The molecule has 0 heterocycles. The third-order valence-corrected chi connectivity index (χ3v) is 14.3. The molecular weight excluding hydrogens is 827 g/mol. The molecule has 0 rings (SSSR count). The second kappa shape index (κ2) is 57.2. The number of carbonyl (C=O) groups excluding carboxylic acids is 2. The van der Waals surface area contributed by atoms with Crippen molar-refractivity contribution in [1.82, 2.24) is 5.32 Å². The number of hydrogen-bond acceptors (Lipinski definition) is 5. The quantitative estimate of drug-likeness (QED) is 0.0321. The lowest BCUT2D eigenvalue weighted by Gasteiger charge is -2.20. The smallest absolute Gasteiger partial charge is 0.305 e. The van der Waals surface area contributed by atoms with Gasteiger partial charge in [0, 0.05) is 12.8 Å². The van der Waals surface area contributed by atoms with Crippen molar-refractivity contribution in [2.24, 2.45) is 0 Å². The number of rotatable bonds is 57. The summed E-state index contributed by atoms with van der Waals surface area (Å²) in [4.78, 5) is 24.5. The maximum Gasteiger partial charge on any atom is 0.305 e. The first-order valence-electron chi connectivity index (χ1n) is 30.5. The number of esters is 1. The Hall–Kier alpha value is -1.40. The van der Waals surface area contributed by atoms with Crippen molar-refractivity contribution >= 4 is 11.9 Å². The van der Waals surface area contributed by atoms with Crippen molar-refractivity contribution in [2.45, 2.75) is 353 Å². The van der Waals surface area contributed by atoms with E-state index < -0.39 is 12.1 Å². The van der Waals surface area contributed by atoms with E-state index in [1.54, 1.807) is 6.08 Å². The van der Waals surface area contributed by atoms with Crippen LogP contribution in [0.15, 0.2) is 12.2 Å². The topological polar surface area (TPSA) is 95.9 Å². The van der Waals surface area contributed by atoms with Gasteiger partial charge in [-0.3, -0.25) is 9.59 Å². The summed E-state index contributed by atoms with van der Waals surface area (Å²) in [5.41, 5.74) is 0. The lowest BCUT2D eigenvalue weighted by Crippen LogP contribution is -2.45. The van der Waals surface area contributed by atoms with Crippen molar-refractivity contribution in [3.8, 4) is 0 Å². The van der Waals surface area contributed by atoms with Gasteiger partial charge in [0.1, 0.15) is 0 Å². The molecule has 6 nitrogen and oxygen atoms in total. The number of nitrogens with one attached hydrogen (secondary N) is 1. The molecule has 3 N–H and O–H groups in total. The molecule has 0 aliphatic rings. The lowest BCUT2D eigenvalue weighted by atomic mass is 10.0. The minimum Gasteiger partial charge on any atom is -0.466 e. The van der Waals surface area contributed by atoms with E-state index in [-0.39, 0.29) is 18.5 Å². The van der Waals surface area contributed by atoms with Crippen LogP contribution in [0.1, 0.15) is 341 Å². The molecular formula is C61H119NO5. The first-order chi connectivity index (χ1) is 33.0. The standard InChI is InChI=1S/C61H119NO5/c1-3-5-7-9-11-13-15-16-17-29-32-35-39-43-47-51-55-61(66)67-56-52-48-44-40-36-33-30-27-25-23-21-19-18-20-22-24-26-28-31-34-38-42-46-50-54-60(65)62-58(57-63)59(64)53-49-45-41-37-14-12-10-8-6-4-2/h49,53,58-59,63-64H,3-48,50-52,54-57H2,1-2H3,(H,62,65)/b53-49+. The van der Waals surface area contributed by atoms with E-state index >= 15 is 0 Å². The Morgan fingerprint density at radius 3 is 1.01 bits per heavy atom. The molecule has 0 aliphatic carbocycles. The number of allylic oxidation sites excluding steroid dienone is 1. The molecule has 67 heavy (non-hydrogen) atoms. The molecule has 0 bridgehead atoms. The Balaban J connectivity index is 3.33. The van der Waals surface area contributed by atoms with Gasteiger partial charge < -0.3 is 20.3 Å². The summed E-state index contributed by atoms with van der Waals surface area (Å²) in [5.74, 6) is -0.0486. The molecule has 0 saturated heterocycles. The number of unbranched alkanes of at least 4 members (excludes halogenated alkanes) is 46. The van der Waals surface area contributed by atoms with Crippen molar-refractivity contribution in [3.05, 3.63) is 12.2 Å². The van der Waals surface area contributed by atoms with Crippen LogP contribution in [0.25, 0.3) is 0 Å². The van der Waals surface area contributed by atoms with Crippen LogP contribution < -0.4 is 5.32 Å². The fourth-order valence-electron chi connectivity index (χ4n) is 9.64. The summed E-state index contributed by atoms with van der Waals surface area (Å²) >= 11 is 0. The normalized spacial score (nSPS) is 12.6. The molecule has 0 fully saturated rings. The Labute approximate surface area is 419 Å². The largest absolute Gasteiger partial charge is 0.466 e. The molecule has 398 valence electrons. The van der Waals surface area contributed by atoms with Crippen LogP contribution in [0.4, 0.5) is 0 Å². The Morgan fingerprint density at radius 1 is 0.403 bits per heavy atom. The third kappa shape index (κ3) is 53.8. The number of carbonyl (C=O) groups is 2. The second-order valence-electron chi connectivity index (χ2n) is 21.0. The van der Waals surface area contributed by atoms with Gasteiger partial charge in [0.05, 0.1) is 25.4 Å². The van der Waals surface area contributed by atoms with E-state index in [0.717, 1.165) is 38.5 Å². The predicted octanol–water partition coefficient (Wildman–Crippen LogP) is 18.9. The van der Waals surface area contributed by atoms with Crippen molar-refractivity contribution < 1.29 is 24.5 Å². The third-order valence-electron chi connectivity index (χ3n) is 14.3. The number of aliphatic hydroxyl groups excluding tert-OH is 2. The predicted molar refractivity (Wildman–Crippen MR) is 292 cm³/mol. The molecule has 2 atom stereocenters. The summed E-state index contributed by atoms with van der Waals surface area (Å²) in [7, 11) is 0. The van der Waals surface area contributed by atoms with Gasteiger partial charge in [0.2, 0.25) is 5.91 Å². The Morgan fingerprint density at radius 2 is 0.687 bits per heavy atom. The number of ether oxygens (including phenoxy) is 1. The summed E-state index contributed by atoms with van der Waals surface area (Å²) < 4.78 is 5.50. The van der Waals surface area contributed by atoms with E-state index in [1.807, 2.05) is 6.08 Å². The molecule has 0 aromatic heterocycles. The maximum absolute atomic E-state index is 12.4. The minimum atomic E-state index is -0.841. The molecule has 0 aromatic rings. The monoisotopic (exact) mass is 946 g/mol. The van der Waals surface area contributed by atoms with Crippen LogP contribution in [-0.4, -0.2) is 47.4 Å². The van der Waals surface area contributed by atoms with Gasteiger partial charge in [0.15, 0.2) is 0 Å². The first-order valence-corrected chi connectivity index (χ1v) is 30.5. The van der Waals surface area contributed by atoms with Crippen molar-refractivity contribution in [2.75, 3.05) is 13.2 Å². The molecule has 0 saturated carbocycles. The van der Waals surface area contributed by atoms with Crippen molar-refractivity contribution in [3.63, 3.8) is 0 Å². The summed E-state index contributed by atoms with van der Waals surface area (Å²) in [5, 5.41) is 23.0. The van der Waals surface area contributed by atoms with Crippen LogP contribution in [0.3, 0.4) is 0 Å². The summed E-state index contributed by atoms with van der Waals surface area (Å²) in [6.45, 7) is 4.91. The highest BCUT2D eigenvalue weighted by Gasteiger charge is 2.18. The van der Waals surface area contributed by atoms with E-state index in [9.17, 15) is 19.8 Å². The van der Waals surface area contributed by atoms with Gasteiger partial charge in [-0.2, -0.15) is 0 Å². The number of aliphatic hydroxyl groups is 2. The summed E-state index contributed by atoms with van der Waals surface area (Å²) in [6.07, 6.45) is 68.3. The van der Waals surface area contributed by atoms with Gasteiger partial charge in [-0.1, -0.05) is 309 Å². The van der Waals surface area contributed by atoms with Crippen molar-refractivity contribution in [1.29, 1.82) is 0 Å². The SMILES string of the molecule is CCCCCCCCCC/C=C/C(O)C(CO)NC(=O)CCCCCCCCCCCCCCCCCCCCCCCCCCOC(=O)CCCCCCCCCCCCCCCCCC. The second-order valence-corrected chi connectivity index (χ2v) is 21.0. The van der Waals surface area contributed by atoms with Crippen LogP contribution in [0, 0.1) is 0 Å². The first kappa shape index (κ1) is 65.6.